The third kappa shape index (κ3) is 3.21. The minimum Gasteiger partial charge on any atom is -0.351 e. The summed E-state index contributed by atoms with van der Waals surface area (Å²) in [6.07, 6.45) is -1.55. The summed E-state index contributed by atoms with van der Waals surface area (Å²) in [5, 5.41) is 6.69. The van der Waals surface area contributed by atoms with Crippen LogP contribution in [0.25, 0.3) is 11.3 Å². The van der Waals surface area contributed by atoms with Gasteiger partial charge in [-0.1, -0.05) is 6.08 Å². The van der Waals surface area contributed by atoms with Crippen LogP contribution in [0.15, 0.2) is 24.9 Å². The Morgan fingerprint density at radius 3 is 2.62 bits per heavy atom. The molecule has 0 spiro atoms. The quantitative estimate of drug-likeness (QED) is 0.882. The number of anilines is 1. The Bertz CT molecular complexity index is 660. The molecule has 1 N–H and O–H groups in total. The second kappa shape index (κ2) is 5.55. The van der Waals surface area contributed by atoms with Crippen LogP contribution in [0.1, 0.15) is 11.4 Å². The minimum absolute atomic E-state index is 0.0945. The first-order valence-electron chi connectivity index (χ1n) is 6.13. The van der Waals surface area contributed by atoms with Gasteiger partial charge in [0.15, 0.2) is 5.69 Å². The van der Waals surface area contributed by atoms with Crippen molar-refractivity contribution in [3.63, 3.8) is 0 Å². The highest BCUT2D eigenvalue weighted by Crippen LogP contribution is 2.31. The predicted molar refractivity (Wildman–Crippen MR) is 72.7 cm³/mol. The van der Waals surface area contributed by atoms with Gasteiger partial charge in [0.25, 0.3) is 0 Å². The van der Waals surface area contributed by atoms with E-state index in [1.165, 1.54) is 12.3 Å². The maximum Gasteiger partial charge on any atom is 0.433 e. The molecular weight excluding hydrogens is 283 g/mol. The Kier molecular flexibility index (Phi) is 3.97. The van der Waals surface area contributed by atoms with Crippen LogP contribution >= 0.6 is 0 Å². The van der Waals surface area contributed by atoms with Crippen LogP contribution in [0.5, 0.6) is 0 Å². The third-order valence-electron chi connectivity index (χ3n) is 2.93. The number of nitrogens with one attached hydrogen (secondary N) is 1. The minimum atomic E-state index is -4.54. The molecule has 0 unspecified atom stereocenters. The standard InChI is InChI=1S/C13H14F3N5/c1-4-5-17-12-19-10(6-11(20-12)13(14,15)16)9-7-18-21(3)8(9)2/h4,6-7H,1,5H2,2-3H3,(H,17,19,20). The zero-order valence-corrected chi connectivity index (χ0v) is 11.6. The SMILES string of the molecule is C=CCNc1nc(-c2cnn(C)c2C)cc(C(F)(F)F)n1. The lowest BCUT2D eigenvalue weighted by atomic mass is 10.1. The Hall–Kier alpha value is -2.38. The summed E-state index contributed by atoms with van der Waals surface area (Å²) in [5.74, 6) is -0.0945. The molecule has 0 saturated carbocycles. The molecule has 8 heteroatoms. The van der Waals surface area contributed by atoms with Crippen molar-refractivity contribution in [1.29, 1.82) is 0 Å². The molecule has 0 radical (unpaired) electrons. The summed E-state index contributed by atoms with van der Waals surface area (Å²) in [7, 11) is 1.71. The molecule has 21 heavy (non-hydrogen) atoms. The second-order valence-corrected chi connectivity index (χ2v) is 4.40. The van der Waals surface area contributed by atoms with Crippen LogP contribution in [0.2, 0.25) is 0 Å². The largest absolute Gasteiger partial charge is 0.433 e. The van der Waals surface area contributed by atoms with E-state index < -0.39 is 11.9 Å². The van der Waals surface area contributed by atoms with Gasteiger partial charge in [0, 0.05) is 24.8 Å². The second-order valence-electron chi connectivity index (χ2n) is 4.40. The number of aromatic nitrogens is 4. The number of nitrogens with zero attached hydrogens (tertiary/aromatic N) is 4. The molecule has 2 aromatic rings. The van der Waals surface area contributed by atoms with Crippen molar-refractivity contribution in [2.45, 2.75) is 13.1 Å². The van der Waals surface area contributed by atoms with E-state index in [4.69, 9.17) is 0 Å². The molecule has 0 amide bonds. The molecule has 112 valence electrons. The van der Waals surface area contributed by atoms with E-state index in [0.29, 0.717) is 5.56 Å². The van der Waals surface area contributed by atoms with Crippen molar-refractivity contribution in [2.75, 3.05) is 11.9 Å². The summed E-state index contributed by atoms with van der Waals surface area (Å²) in [5.41, 5.74) is 0.431. The van der Waals surface area contributed by atoms with Crippen molar-refractivity contribution in [1.82, 2.24) is 19.7 Å². The highest BCUT2D eigenvalue weighted by atomic mass is 19.4. The van der Waals surface area contributed by atoms with E-state index in [1.54, 1.807) is 18.7 Å². The number of aryl methyl sites for hydroxylation is 1. The smallest absolute Gasteiger partial charge is 0.351 e. The first-order valence-corrected chi connectivity index (χ1v) is 6.13. The van der Waals surface area contributed by atoms with Crippen LogP contribution in [0, 0.1) is 6.92 Å². The monoisotopic (exact) mass is 297 g/mol. The average Bonchev–Trinajstić information content (AvgIpc) is 2.75. The Labute approximate surface area is 119 Å². The van der Waals surface area contributed by atoms with Crippen LogP contribution in [-0.4, -0.2) is 26.3 Å². The maximum absolute atomic E-state index is 12.9. The Morgan fingerprint density at radius 2 is 2.10 bits per heavy atom. The molecule has 2 heterocycles. The zero-order chi connectivity index (χ0) is 15.6. The molecule has 0 fully saturated rings. The van der Waals surface area contributed by atoms with E-state index in [-0.39, 0.29) is 18.2 Å². The van der Waals surface area contributed by atoms with Crippen LogP contribution < -0.4 is 5.32 Å². The summed E-state index contributed by atoms with van der Waals surface area (Å²) in [6, 6.07) is 0.920. The average molecular weight is 297 g/mol. The fraction of sp³-hybridized carbons (Fsp3) is 0.308. The van der Waals surface area contributed by atoms with E-state index in [9.17, 15) is 13.2 Å². The maximum atomic E-state index is 12.9. The number of hydrogen-bond donors (Lipinski definition) is 1. The van der Waals surface area contributed by atoms with E-state index in [0.717, 1.165) is 11.8 Å². The number of halogens is 3. The van der Waals surface area contributed by atoms with Crippen LogP contribution in [-0.2, 0) is 13.2 Å². The lowest BCUT2D eigenvalue weighted by Gasteiger charge is -2.11. The Morgan fingerprint density at radius 1 is 1.38 bits per heavy atom. The molecular formula is C13H14F3N5. The van der Waals surface area contributed by atoms with Gasteiger partial charge in [0.05, 0.1) is 11.9 Å². The number of rotatable bonds is 4. The molecule has 0 saturated heterocycles. The molecule has 5 nitrogen and oxygen atoms in total. The lowest BCUT2D eigenvalue weighted by Crippen LogP contribution is -2.12. The molecule has 0 atom stereocenters. The van der Waals surface area contributed by atoms with Crippen molar-refractivity contribution >= 4 is 5.95 Å². The van der Waals surface area contributed by atoms with Gasteiger partial charge in [-0.2, -0.15) is 18.3 Å². The predicted octanol–water partition coefficient (Wildman–Crippen LogP) is 2.80. The van der Waals surface area contributed by atoms with E-state index in [2.05, 4.69) is 27.0 Å². The van der Waals surface area contributed by atoms with Gasteiger partial charge in [0.1, 0.15) is 0 Å². The number of hydrogen-bond acceptors (Lipinski definition) is 4. The third-order valence-corrected chi connectivity index (χ3v) is 2.93. The summed E-state index contributed by atoms with van der Waals surface area (Å²) >= 11 is 0. The normalized spacial score (nSPS) is 11.5. The van der Waals surface area contributed by atoms with Crippen LogP contribution in [0.3, 0.4) is 0 Å². The van der Waals surface area contributed by atoms with Gasteiger partial charge in [-0.05, 0) is 13.0 Å². The molecule has 0 aliphatic heterocycles. The van der Waals surface area contributed by atoms with E-state index >= 15 is 0 Å². The first kappa shape index (κ1) is 15.0. The van der Waals surface area contributed by atoms with Crippen molar-refractivity contribution < 1.29 is 13.2 Å². The zero-order valence-electron chi connectivity index (χ0n) is 11.6. The van der Waals surface area contributed by atoms with Crippen molar-refractivity contribution in [3.8, 4) is 11.3 Å². The molecule has 0 aliphatic rings. The van der Waals surface area contributed by atoms with E-state index in [1.807, 2.05) is 0 Å². The fourth-order valence-electron chi connectivity index (χ4n) is 1.72. The van der Waals surface area contributed by atoms with Gasteiger partial charge in [-0.3, -0.25) is 4.68 Å². The number of alkyl halides is 3. The summed E-state index contributed by atoms with van der Waals surface area (Å²) in [4.78, 5) is 7.59. The first-order chi connectivity index (χ1) is 9.82. The molecule has 2 aromatic heterocycles. The van der Waals surface area contributed by atoms with Gasteiger partial charge in [-0.25, -0.2) is 9.97 Å². The fourth-order valence-corrected chi connectivity index (χ4v) is 1.72. The molecule has 0 aliphatic carbocycles. The molecule has 2 rings (SSSR count). The lowest BCUT2D eigenvalue weighted by molar-refractivity contribution is -0.141. The molecule has 0 aromatic carbocycles. The van der Waals surface area contributed by atoms with Gasteiger partial charge < -0.3 is 5.32 Å². The Balaban J connectivity index is 2.54. The van der Waals surface area contributed by atoms with Crippen LogP contribution in [0.4, 0.5) is 19.1 Å². The highest BCUT2D eigenvalue weighted by Gasteiger charge is 2.34. The van der Waals surface area contributed by atoms with Gasteiger partial charge >= 0.3 is 6.18 Å². The van der Waals surface area contributed by atoms with Gasteiger partial charge in [0.2, 0.25) is 5.95 Å². The summed E-state index contributed by atoms with van der Waals surface area (Å²) < 4.78 is 40.4. The summed E-state index contributed by atoms with van der Waals surface area (Å²) in [6.45, 7) is 5.52. The molecule has 0 bridgehead atoms. The topological polar surface area (TPSA) is 55.6 Å². The van der Waals surface area contributed by atoms with Gasteiger partial charge in [-0.15, -0.1) is 6.58 Å². The highest BCUT2D eigenvalue weighted by molar-refractivity contribution is 5.62. The van der Waals surface area contributed by atoms with Crippen molar-refractivity contribution in [3.05, 3.63) is 36.3 Å². The van der Waals surface area contributed by atoms with Crippen molar-refractivity contribution in [2.24, 2.45) is 7.05 Å².